The third-order valence-corrected chi connectivity index (χ3v) is 2.98. The minimum atomic E-state index is -0.405. The van der Waals surface area contributed by atoms with Crippen LogP contribution in [-0.4, -0.2) is 42.0 Å². The predicted molar refractivity (Wildman–Crippen MR) is 65.8 cm³/mol. The molecule has 1 aliphatic heterocycles. The quantitative estimate of drug-likeness (QED) is 0.605. The molecule has 7 heteroatoms. The van der Waals surface area contributed by atoms with Crippen LogP contribution in [0.15, 0.2) is 11.2 Å². The molecule has 1 aromatic rings. The summed E-state index contributed by atoms with van der Waals surface area (Å²) < 4.78 is 5.28. The van der Waals surface area contributed by atoms with Crippen LogP contribution in [0.3, 0.4) is 0 Å². The van der Waals surface area contributed by atoms with Gasteiger partial charge in [-0.2, -0.15) is 5.26 Å². The van der Waals surface area contributed by atoms with E-state index < -0.39 is 6.10 Å². The smallest absolute Gasteiger partial charge is 0.191 e. The molecule has 1 aromatic heterocycles. The lowest BCUT2D eigenvalue weighted by Crippen LogP contribution is -2.42. The summed E-state index contributed by atoms with van der Waals surface area (Å²) in [6.45, 7) is 1.75. The molecule has 2 N–H and O–H groups in total. The molecule has 2 rings (SSSR count). The van der Waals surface area contributed by atoms with Crippen molar-refractivity contribution >= 4 is 23.4 Å². The van der Waals surface area contributed by atoms with Crippen molar-refractivity contribution in [3.05, 3.63) is 6.07 Å². The molecule has 1 saturated heterocycles. The highest BCUT2D eigenvalue weighted by atomic mass is 32.2. The van der Waals surface area contributed by atoms with Gasteiger partial charge in [0.1, 0.15) is 11.6 Å². The van der Waals surface area contributed by atoms with Crippen molar-refractivity contribution in [1.82, 2.24) is 9.97 Å². The van der Waals surface area contributed by atoms with Crippen LogP contribution in [0.2, 0.25) is 0 Å². The average Bonchev–Trinajstić information content (AvgIpc) is 2.38. The van der Waals surface area contributed by atoms with Crippen molar-refractivity contribution in [2.75, 3.05) is 36.6 Å². The van der Waals surface area contributed by atoms with Gasteiger partial charge < -0.3 is 15.4 Å². The summed E-state index contributed by atoms with van der Waals surface area (Å²) >= 11 is 1.44. The number of hydrogen-bond acceptors (Lipinski definition) is 7. The Balaban J connectivity index is 2.21. The topological polar surface area (TPSA) is 88.1 Å². The summed E-state index contributed by atoms with van der Waals surface area (Å²) in [4.78, 5) is 10.5. The van der Waals surface area contributed by atoms with Gasteiger partial charge in [-0.15, -0.1) is 0 Å². The van der Waals surface area contributed by atoms with E-state index in [9.17, 15) is 0 Å². The van der Waals surface area contributed by atoms with Crippen LogP contribution in [-0.2, 0) is 4.74 Å². The first-order chi connectivity index (χ1) is 8.22. The molecule has 0 saturated carbocycles. The van der Waals surface area contributed by atoms with Crippen LogP contribution in [0, 0.1) is 11.3 Å². The Morgan fingerprint density at radius 2 is 2.47 bits per heavy atom. The molecule has 1 atom stereocenters. The van der Waals surface area contributed by atoms with Gasteiger partial charge in [0.15, 0.2) is 11.3 Å². The first kappa shape index (κ1) is 12.0. The van der Waals surface area contributed by atoms with Crippen LogP contribution in [0.1, 0.15) is 0 Å². The van der Waals surface area contributed by atoms with E-state index in [1.54, 1.807) is 6.07 Å². The van der Waals surface area contributed by atoms with Crippen molar-refractivity contribution in [1.29, 1.82) is 5.26 Å². The van der Waals surface area contributed by atoms with Gasteiger partial charge in [0.25, 0.3) is 0 Å². The van der Waals surface area contributed by atoms with E-state index in [0.29, 0.717) is 30.7 Å². The molecule has 1 aliphatic rings. The fraction of sp³-hybridized carbons (Fsp3) is 0.500. The standard InChI is InChI=1S/C10H13N5OS/c1-17-10-13-8(12)4-9(14-10)15-2-3-16-7(5-11)6-15/h4,7H,2-3,6H2,1H3,(H2,12,13,14). The number of thioether (sulfide) groups is 1. The third kappa shape index (κ3) is 2.78. The molecule has 6 nitrogen and oxygen atoms in total. The number of aromatic nitrogens is 2. The second-order valence-electron chi connectivity index (χ2n) is 3.57. The van der Waals surface area contributed by atoms with Crippen molar-refractivity contribution < 1.29 is 4.74 Å². The Labute approximate surface area is 104 Å². The Hall–Kier alpha value is -1.52. The second-order valence-corrected chi connectivity index (χ2v) is 4.35. The Morgan fingerprint density at radius 1 is 1.65 bits per heavy atom. The molecule has 17 heavy (non-hydrogen) atoms. The van der Waals surface area contributed by atoms with E-state index in [-0.39, 0.29) is 0 Å². The van der Waals surface area contributed by atoms with Crippen LogP contribution < -0.4 is 10.6 Å². The predicted octanol–water partition coefficient (Wildman–Crippen LogP) is 0.509. The Bertz CT molecular complexity index is 447. The van der Waals surface area contributed by atoms with Crippen LogP contribution >= 0.6 is 11.8 Å². The van der Waals surface area contributed by atoms with Gasteiger partial charge >= 0.3 is 0 Å². The number of nitrogens with two attached hydrogens (primary N) is 1. The first-order valence-corrected chi connectivity index (χ1v) is 6.40. The van der Waals surface area contributed by atoms with Gasteiger partial charge in [-0.3, -0.25) is 0 Å². The lowest BCUT2D eigenvalue weighted by Gasteiger charge is -2.30. The number of anilines is 2. The minimum Gasteiger partial charge on any atom is -0.383 e. The molecule has 1 fully saturated rings. The van der Waals surface area contributed by atoms with E-state index in [0.717, 1.165) is 5.82 Å². The van der Waals surface area contributed by atoms with Gasteiger partial charge in [0.2, 0.25) is 0 Å². The summed E-state index contributed by atoms with van der Waals surface area (Å²) in [5.74, 6) is 1.20. The van der Waals surface area contributed by atoms with Gasteiger partial charge in [0, 0.05) is 12.6 Å². The molecule has 2 heterocycles. The zero-order valence-corrected chi connectivity index (χ0v) is 10.3. The molecule has 0 spiro atoms. The van der Waals surface area contributed by atoms with Crippen LogP contribution in [0.4, 0.5) is 11.6 Å². The Morgan fingerprint density at radius 3 is 3.18 bits per heavy atom. The van der Waals surface area contributed by atoms with Crippen LogP contribution in [0.25, 0.3) is 0 Å². The molecule has 0 radical (unpaired) electrons. The maximum Gasteiger partial charge on any atom is 0.191 e. The number of rotatable bonds is 2. The zero-order valence-electron chi connectivity index (χ0n) is 9.46. The normalized spacial score (nSPS) is 20.0. The lowest BCUT2D eigenvalue weighted by atomic mass is 10.3. The maximum atomic E-state index is 8.85. The van der Waals surface area contributed by atoms with E-state index in [1.807, 2.05) is 11.2 Å². The molecular weight excluding hydrogens is 238 g/mol. The molecule has 0 bridgehead atoms. The number of nitrogens with zero attached hydrogens (tertiary/aromatic N) is 4. The summed E-state index contributed by atoms with van der Waals surface area (Å²) in [5, 5.41) is 9.49. The summed E-state index contributed by atoms with van der Waals surface area (Å²) in [7, 11) is 0. The van der Waals surface area contributed by atoms with Crippen molar-refractivity contribution in [3.8, 4) is 6.07 Å². The maximum absolute atomic E-state index is 8.85. The molecule has 1 unspecified atom stereocenters. The third-order valence-electron chi connectivity index (χ3n) is 2.43. The van der Waals surface area contributed by atoms with Gasteiger partial charge in [-0.25, -0.2) is 9.97 Å². The highest BCUT2D eigenvalue weighted by Crippen LogP contribution is 2.20. The van der Waals surface area contributed by atoms with E-state index >= 15 is 0 Å². The minimum absolute atomic E-state index is 0.405. The number of ether oxygens (including phenoxy) is 1. The van der Waals surface area contributed by atoms with Crippen molar-refractivity contribution in [3.63, 3.8) is 0 Å². The number of nitriles is 1. The largest absolute Gasteiger partial charge is 0.383 e. The van der Waals surface area contributed by atoms with E-state index in [2.05, 4.69) is 16.0 Å². The summed E-state index contributed by atoms with van der Waals surface area (Å²) in [6.07, 6.45) is 1.49. The second kappa shape index (κ2) is 5.21. The summed E-state index contributed by atoms with van der Waals surface area (Å²) in [6, 6.07) is 3.82. The van der Waals surface area contributed by atoms with Gasteiger partial charge in [-0.05, 0) is 6.26 Å². The van der Waals surface area contributed by atoms with Gasteiger partial charge in [-0.1, -0.05) is 11.8 Å². The fourth-order valence-corrected chi connectivity index (χ4v) is 2.00. The van der Waals surface area contributed by atoms with Crippen molar-refractivity contribution in [2.24, 2.45) is 0 Å². The van der Waals surface area contributed by atoms with E-state index in [4.69, 9.17) is 15.7 Å². The average molecular weight is 251 g/mol. The molecule has 0 aliphatic carbocycles. The molecule has 0 amide bonds. The Kier molecular flexibility index (Phi) is 3.66. The molecule has 90 valence electrons. The number of morpholine rings is 1. The van der Waals surface area contributed by atoms with Crippen LogP contribution in [0.5, 0.6) is 0 Å². The van der Waals surface area contributed by atoms with Crippen molar-refractivity contribution in [2.45, 2.75) is 11.3 Å². The van der Waals surface area contributed by atoms with Gasteiger partial charge in [0.05, 0.1) is 19.2 Å². The fourth-order valence-electron chi connectivity index (χ4n) is 1.62. The van der Waals surface area contributed by atoms with E-state index in [1.165, 1.54) is 11.8 Å². The molecular formula is C10H13N5OS. The highest BCUT2D eigenvalue weighted by Gasteiger charge is 2.21. The SMILES string of the molecule is CSc1nc(N)cc(N2CCOC(C#N)C2)n1. The number of hydrogen-bond donors (Lipinski definition) is 1. The lowest BCUT2D eigenvalue weighted by molar-refractivity contribution is 0.0761. The first-order valence-electron chi connectivity index (χ1n) is 5.17. The number of nitrogen functional groups attached to an aromatic ring is 1. The summed E-state index contributed by atoms with van der Waals surface area (Å²) in [5.41, 5.74) is 5.72. The molecule has 0 aromatic carbocycles. The highest BCUT2D eigenvalue weighted by molar-refractivity contribution is 7.98. The monoisotopic (exact) mass is 251 g/mol. The zero-order chi connectivity index (χ0) is 12.3.